The highest BCUT2D eigenvalue weighted by atomic mass is 19.4. The molecule has 146 valence electrons. The van der Waals surface area contributed by atoms with Crippen molar-refractivity contribution in [3.63, 3.8) is 0 Å². The van der Waals surface area contributed by atoms with Gasteiger partial charge in [-0.15, -0.1) is 0 Å². The Bertz CT molecular complexity index is 690. The van der Waals surface area contributed by atoms with Crippen LogP contribution in [0.4, 0.5) is 23.7 Å². The number of fused-ring (bicyclic) bond motifs is 1. The number of alkyl halides is 3. The van der Waals surface area contributed by atoms with Crippen molar-refractivity contribution in [2.24, 2.45) is 0 Å². The lowest BCUT2D eigenvalue weighted by atomic mass is 10.2. The van der Waals surface area contributed by atoms with E-state index in [2.05, 4.69) is 11.7 Å². The first kappa shape index (κ1) is 20.1. The summed E-state index contributed by atoms with van der Waals surface area (Å²) in [4.78, 5) is 13.3. The third-order valence-corrected chi connectivity index (χ3v) is 3.71. The summed E-state index contributed by atoms with van der Waals surface area (Å²) in [5, 5.41) is 3.71. The van der Waals surface area contributed by atoms with Crippen molar-refractivity contribution in [3.8, 4) is 0 Å². The van der Waals surface area contributed by atoms with E-state index in [0.717, 1.165) is 4.90 Å². The fourth-order valence-corrected chi connectivity index (χ4v) is 2.73. The monoisotopic (exact) mass is 375 g/mol. The molecule has 1 aromatic heterocycles. The Morgan fingerprint density at radius 3 is 2.50 bits per heavy atom. The van der Waals surface area contributed by atoms with Gasteiger partial charge in [0.25, 0.3) is 0 Å². The smallest absolute Gasteiger partial charge is 0.437 e. The van der Waals surface area contributed by atoms with Crippen LogP contribution in [-0.2, 0) is 28.6 Å². The summed E-state index contributed by atoms with van der Waals surface area (Å²) in [6.07, 6.45) is -4.86. The number of carbonyl (C=O) groups excluding carboxylic acids is 1. The number of rotatable bonds is 5. The van der Waals surface area contributed by atoms with Gasteiger partial charge < -0.3 is 9.47 Å². The molecule has 0 unspecified atom stereocenters. The van der Waals surface area contributed by atoms with Crippen molar-refractivity contribution in [1.82, 2.24) is 9.78 Å². The van der Waals surface area contributed by atoms with Gasteiger partial charge in [0.05, 0.1) is 18.1 Å². The van der Waals surface area contributed by atoms with Crippen LogP contribution in [0.5, 0.6) is 0 Å². The quantitative estimate of drug-likeness (QED) is 0.726. The van der Waals surface area contributed by atoms with Crippen LogP contribution in [0.25, 0.3) is 0 Å². The van der Waals surface area contributed by atoms with Crippen molar-refractivity contribution in [2.75, 3.05) is 18.1 Å². The summed E-state index contributed by atoms with van der Waals surface area (Å²) < 4.78 is 52.1. The standard InChI is InChI=1S/C17H24F3N3O3/c1-6-25-11(2)7-10-23-12-8-9-22(15(24)26-16(3,4)5)13(12)14(21-23)17(18,19)20/h2,6-10H2,1,3-5H3. The minimum absolute atomic E-state index is 0.123. The molecule has 0 aliphatic carbocycles. The molecule has 0 atom stereocenters. The van der Waals surface area contributed by atoms with Gasteiger partial charge in [-0.1, -0.05) is 6.58 Å². The number of hydrogen-bond donors (Lipinski definition) is 0. The molecule has 9 heteroatoms. The predicted molar refractivity (Wildman–Crippen MR) is 89.9 cm³/mol. The first-order valence-corrected chi connectivity index (χ1v) is 8.42. The van der Waals surface area contributed by atoms with Gasteiger partial charge in [-0.3, -0.25) is 9.58 Å². The number of hydrogen-bond acceptors (Lipinski definition) is 4. The molecule has 26 heavy (non-hydrogen) atoms. The molecular weight excluding hydrogens is 351 g/mol. The topological polar surface area (TPSA) is 56.6 Å². The Balaban J connectivity index is 2.32. The van der Waals surface area contributed by atoms with E-state index in [1.165, 1.54) is 4.68 Å². The van der Waals surface area contributed by atoms with Crippen LogP contribution in [0.2, 0.25) is 0 Å². The van der Waals surface area contributed by atoms with E-state index in [4.69, 9.17) is 9.47 Å². The van der Waals surface area contributed by atoms with Crippen LogP contribution in [0.3, 0.4) is 0 Å². The van der Waals surface area contributed by atoms with Crippen molar-refractivity contribution in [1.29, 1.82) is 0 Å². The van der Waals surface area contributed by atoms with Crippen molar-refractivity contribution in [3.05, 3.63) is 23.7 Å². The summed E-state index contributed by atoms with van der Waals surface area (Å²) in [5.41, 5.74) is -1.72. The normalized spacial score (nSPS) is 14.3. The fraction of sp³-hybridized carbons (Fsp3) is 0.647. The lowest BCUT2D eigenvalue weighted by Gasteiger charge is -2.24. The Kier molecular flexibility index (Phi) is 5.58. The van der Waals surface area contributed by atoms with Gasteiger partial charge in [0, 0.05) is 25.9 Å². The highest BCUT2D eigenvalue weighted by Gasteiger charge is 2.45. The number of allylic oxidation sites excluding steroid dienone is 1. The highest BCUT2D eigenvalue weighted by Crippen LogP contribution is 2.41. The minimum Gasteiger partial charge on any atom is -0.499 e. The number of carbonyl (C=O) groups is 1. The minimum atomic E-state index is -4.67. The lowest BCUT2D eigenvalue weighted by molar-refractivity contribution is -0.141. The largest absolute Gasteiger partial charge is 0.499 e. The highest BCUT2D eigenvalue weighted by molar-refractivity contribution is 5.91. The maximum atomic E-state index is 13.5. The van der Waals surface area contributed by atoms with Crippen LogP contribution in [0.1, 0.15) is 45.5 Å². The van der Waals surface area contributed by atoms with E-state index in [-0.39, 0.29) is 25.2 Å². The van der Waals surface area contributed by atoms with Crippen molar-refractivity contribution in [2.45, 2.75) is 58.9 Å². The molecule has 2 rings (SSSR count). The van der Waals surface area contributed by atoms with E-state index in [1.54, 1.807) is 27.7 Å². The van der Waals surface area contributed by atoms with Gasteiger partial charge in [-0.2, -0.15) is 18.3 Å². The van der Waals surface area contributed by atoms with Crippen LogP contribution in [-0.4, -0.2) is 34.6 Å². The molecule has 1 aliphatic heterocycles. The summed E-state index contributed by atoms with van der Waals surface area (Å²) in [5.74, 6) is 0.479. The number of aryl methyl sites for hydroxylation is 1. The molecule has 0 bridgehead atoms. The second kappa shape index (κ2) is 7.20. The van der Waals surface area contributed by atoms with Gasteiger partial charge >= 0.3 is 12.3 Å². The van der Waals surface area contributed by atoms with Gasteiger partial charge in [0.2, 0.25) is 0 Å². The Hall–Kier alpha value is -2.19. The Morgan fingerprint density at radius 2 is 1.96 bits per heavy atom. The van der Waals surface area contributed by atoms with Crippen LogP contribution < -0.4 is 4.90 Å². The average Bonchev–Trinajstić information content (AvgIpc) is 3.02. The second-order valence-electron chi connectivity index (χ2n) is 6.97. The molecule has 1 aromatic rings. The van der Waals surface area contributed by atoms with Gasteiger partial charge in [-0.25, -0.2) is 4.79 Å². The molecule has 2 heterocycles. The van der Waals surface area contributed by atoms with Crippen molar-refractivity contribution >= 4 is 11.8 Å². The van der Waals surface area contributed by atoms with Gasteiger partial charge in [0.1, 0.15) is 11.3 Å². The van der Waals surface area contributed by atoms with E-state index in [9.17, 15) is 18.0 Å². The number of amides is 1. The first-order chi connectivity index (χ1) is 11.9. The first-order valence-electron chi connectivity index (χ1n) is 8.42. The molecule has 0 saturated heterocycles. The Labute approximate surface area is 150 Å². The lowest BCUT2D eigenvalue weighted by Crippen LogP contribution is -2.36. The van der Waals surface area contributed by atoms with Gasteiger partial charge in [-0.05, 0) is 27.7 Å². The number of anilines is 1. The SMILES string of the molecule is C=C(CCn1nc(C(F)(F)F)c2c1CCN2C(=O)OC(C)(C)C)OCC. The summed E-state index contributed by atoms with van der Waals surface area (Å²) >= 11 is 0. The maximum Gasteiger partial charge on any atom is 0.437 e. The summed E-state index contributed by atoms with van der Waals surface area (Å²) in [6.45, 7) is 11.3. The fourth-order valence-electron chi connectivity index (χ4n) is 2.73. The third-order valence-electron chi connectivity index (χ3n) is 3.71. The summed E-state index contributed by atoms with van der Waals surface area (Å²) in [6, 6.07) is 0. The third kappa shape index (κ3) is 4.50. The van der Waals surface area contributed by atoms with E-state index < -0.39 is 23.6 Å². The zero-order chi connectivity index (χ0) is 19.7. The van der Waals surface area contributed by atoms with Crippen molar-refractivity contribution < 1.29 is 27.4 Å². The van der Waals surface area contributed by atoms with Crippen LogP contribution in [0.15, 0.2) is 12.3 Å². The van der Waals surface area contributed by atoms with E-state index in [1.807, 2.05) is 0 Å². The molecule has 1 aliphatic rings. The summed E-state index contributed by atoms with van der Waals surface area (Å²) in [7, 11) is 0. The van der Waals surface area contributed by atoms with E-state index >= 15 is 0 Å². The van der Waals surface area contributed by atoms with Crippen LogP contribution >= 0.6 is 0 Å². The van der Waals surface area contributed by atoms with E-state index in [0.29, 0.717) is 24.5 Å². The zero-order valence-corrected chi connectivity index (χ0v) is 15.4. The number of halogens is 3. The zero-order valence-electron chi connectivity index (χ0n) is 15.4. The number of nitrogens with zero attached hydrogens (tertiary/aromatic N) is 3. The molecule has 0 aromatic carbocycles. The molecule has 0 spiro atoms. The molecule has 0 fully saturated rings. The molecule has 0 N–H and O–H groups in total. The number of ether oxygens (including phenoxy) is 2. The average molecular weight is 375 g/mol. The van der Waals surface area contributed by atoms with Gasteiger partial charge in [0.15, 0.2) is 5.69 Å². The Morgan fingerprint density at radius 1 is 1.31 bits per heavy atom. The molecular formula is C17H24F3N3O3. The molecule has 6 nitrogen and oxygen atoms in total. The molecule has 0 radical (unpaired) electrons. The maximum absolute atomic E-state index is 13.5. The second-order valence-corrected chi connectivity index (χ2v) is 6.97. The molecule has 1 amide bonds. The molecule has 0 saturated carbocycles. The predicted octanol–water partition coefficient (Wildman–Crippen LogP) is 4.14. The van der Waals surface area contributed by atoms with Crippen LogP contribution in [0, 0.1) is 0 Å². The number of aromatic nitrogens is 2.